The summed E-state index contributed by atoms with van der Waals surface area (Å²) in [6, 6.07) is 6.11. The van der Waals surface area contributed by atoms with Crippen molar-refractivity contribution >= 4 is 5.97 Å². The molecule has 0 aliphatic heterocycles. The number of halogens is 2. The van der Waals surface area contributed by atoms with Crippen LogP contribution in [0, 0.1) is 11.6 Å². The molecule has 4 nitrogen and oxygen atoms in total. The Morgan fingerprint density at radius 2 is 1.59 bits per heavy atom. The van der Waals surface area contributed by atoms with Gasteiger partial charge in [-0.2, -0.15) is 0 Å². The number of phenols is 1. The van der Waals surface area contributed by atoms with Crippen LogP contribution in [0.4, 0.5) is 8.78 Å². The quantitative estimate of drug-likeness (QED) is 0.592. The Hall–Kier alpha value is -2.63. The van der Waals surface area contributed by atoms with Crippen LogP contribution in [-0.4, -0.2) is 24.3 Å². The molecule has 2 aromatic rings. The van der Waals surface area contributed by atoms with Crippen LogP contribution in [0.5, 0.6) is 11.5 Å². The molecule has 0 unspecified atom stereocenters. The van der Waals surface area contributed by atoms with Crippen LogP contribution in [0.1, 0.15) is 68.7 Å². The van der Waals surface area contributed by atoms with Crippen LogP contribution >= 0.6 is 0 Å². The third-order valence-corrected chi connectivity index (χ3v) is 4.66. The average Bonchev–Trinajstić information content (AvgIpc) is 2.63. The molecule has 0 spiro atoms. The van der Waals surface area contributed by atoms with Crippen LogP contribution in [0.2, 0.25) is 0 Å². The SMILES string of the molecule is CCOC(=O)COc1ccc(Cc2ccc(O)c(C(C)C)c2F)c(C(C)C)c1F. The number of esters is 1. The number of aromatic hydroxyl groups is 1. The van der Waals surface area contributed by atoms with E-state index in [-0.39, 0.29) is 48.5 Å². The molecule has 1 N–H and O–H groups in total. The Morgan fingerprint density at radius 3 is 2.17 bits per heavy atom. The Kier molecular flexibility index (Phi) is 7.59. The lowest BCUT2D eigenvalue weighted by molar-refractivity contribution is -0.145. The van der Waals surface area contributed by atoms with E-state index in [0.717, 1.165) is 0 Å². The normalized spacial score (nSPS) is 11.2. The lowest BCUT2D eigenvalue weighted by Gasteiger charge is -2.18. The van der Waals surface area contributed by atoms with Gasteiger partial charge in [-0.15, -0.1) is 0 Å². The molecule has 0 atom stereocenters. The van der Waals surface area contributed by atoms with Gasteiger partial charge in [0.05, 0.1) is 6.61 Å². The van der Waals surface area contributed by atoms with E-state index in [9.17, 15) is 14.3 Å². The summed E-state index contributed by atoms with van der Waals surface area (Å²) in [5.74, 6) is -2.10. The zero-order valence-corrected chi connectivity index (χ0v) is 17.5. The summed E-state index contributed by atoms with van der Waals surface area (Å²) in [6.45, 7) is 8.79. The maximum Gasteiger partial charge on any atom is 0.344 e. The van der Waals surface area contributed by atoms with Crippen molar-refractivity contribution in [3.8, 4) is 11.5 Å². The van der Waals surface area contributed by atoms with E-state index in [1.807, 2.05) is 13.8 Å². The van der Waals surface area contributed by atoms with E-state index in [1.54, 1.807) is 26.8 Å². The van der Waals surface area contributed by atoms with Gasteiger partial charge in [0.25, 0.3) is 0 Å². The molecule has 0 amide bonds. The molecule has 0 aromatic heterocycles. The number of carbonyl (C=O) groups excluding carboxylic acids is 1. The van der Waals surface area contributed by atoms with Gasteiger partial charge in [0.15, 0.2) is 18.2 Å². The molecule has 0 heterocycles. The molecule has 0 bridgehead atoms. The lowest BCUT2D eigenvalue weighted by atomic mass is 9.90. The van der Waals surface area contributed by atoms with Crippen LogP contribution in [-0.2, 0) is 16.0 Å². The minimum Gasteiger partial charge on any atom is -0.508 e. The topological polar surface area (TPSA) is 55.8 Å². The molecule has 0 saturated heterocycles. The van der Waals surface area contributed by atoms with E-state index in [4.69, 9.17) is 9.47 Å². The smallest absolute Gasteiger partial charge is 0.344 e. The molecule has 6 heteroatoms. The van der Waals surface area contributed by atoms with E-state index in [1.165, 1.54) is 18.2 Å². The predicted octanol–water partition coefficient (Wildman–Crippen LogP) is 5.45. The van der Waals surface area contributed by atoms with E-state index in [2.05, 4.69) is 0 Å². The van der Waals surface area contributed by atoms with Gasteiger partial charge in [-0.05, 0) is 47.6 Å². The molecule has 2 rings (SSSR count). The summed E-state index contributed by atoms with van der Waals surface area (Å²) >= 11 is 0. The Morgan fingerprint density at radius 1 is 0.966 bits per heavy atom. The van der Waals surface area contributed by atoms with Crippen LogP contribution < -0.4 is 4.74 Å². The Labute approximate surface area is 170 Å². The third kappa shape index (κ3) is 5.25. The third-order valence-electron chi connectivity index (χ3n) is 4.66. The highest BCUT2D eigenvalue weighted by atomic mass is 19.1. The fourth-order valence-corrected chi connectivity index (χ4v) is 3.36. The molecule has 0 fully saturated rings. The number of benzene rings is 2. The van der Waals surface area contributed by atoms with Gasteiger partial charge in [-0.1, -0.05) is 39.8 Å². The summed E-state index contributed by atoms with van der Waals surface area (Å²) in [6.07, 6.45) is 0.175. The van der Waals surface area contributed by atoms with Gasteiger partial charge in [-0.25, -0.2) is 13.6 Å². The van der Waals surface area contributed by atoms with Crippen molar-refractivity contribution in [1.29, 1.82) is 0 Å². The van der Waals surface area contributed by atoms with Crippen molar-refractivity contribution in [1.82, 2.24) is 0 Å². The molecule has 2 aromatic carbocycles. The number of phenolic OH excluding ortho intramolecular Hbond substituents is 1. The highest BCUT2D eigenvalue weighted by molar-refractivity contribution is 5.71. The minimum absolute atomic E-state index is 0.0421. The monoisotopic (exact) mass is 406 g/mol. The number of hydrogen-bond acceptors (Lipinski definition) is 4. The molecule has 0 aliphatic rings. The van der Waals surface area contributed by atoms with Gasteiger partial charge in [0, 0.05) is 12.0 Å². The van der Waals surface area contributed by atoms with Crippen molar-refractivity contribution in [2.75, 3.05) is 13.2 Å². The largest absolute Gasteiger partial charge is 0.508 e. The summed E-state index contributed by atoms with van der Waals surface area (Å²) < 4.78 is 40.1. The van der Waals surface area contributed by atoms with Crippen molar-refractivity contribution < 1.29 is 28.2 Å². The highest BCUT2D eigenvalue weighted by Gasteiger charge is 2.21. The zero-order valence-electron chi connectivity index (χ0n) is 17.5. The fourth-order valence-electron chi connectivity index (χ4n) is 3.36. The van der Waals surface area contributed by atoms with Crippen molar-refractivity contribution in [2.45, 2.75) is 52.9 Å². The van der Waals surface area contributed by atoms with Crippen LogP contribution in [0.3, 0.4) is 0 Å². The first kappa shape index (κ1) is 22.7. The summed E-state index contributed by atoms with van der Waals surface area (Å²) in [5.41, 5.74) is 1.67. The van der Waals surface area contributed by atoms with E-state index >= 15 is 4.39 Å². The second kappa shape index (κ2) is 9.72. The van der Waals surface area contributed by atoms with Crippen molar-refractivity contribution in [3.63, 3.8) is 0 Å². The average molecular weight is 406 g/mol. The molecule has 29 heavy (non-hydrogen) atoms. The lowest BCUT2D eigenvalue weighted by Crippen LogP contribution is -2.16. The first-order chi connectivity index (χ1) is 13.7. The number of carbonyl (C=O) groups is 1. The Balaban J connectivity index is 2.38. The van der Waals surface area contributed by atoms with Crippen molar-refractivity contribution in [3.05, 3.63) is 58.2 Å². The maximum absolute atomic E-state index is 15.1. The summed E-state index contributed by atoms with van der Waals surface area (Å²) in [7, 11) is 0. The minimum atomic E-state index is -0.575. The number of ether oxygens (including phenoxy) is 2. The zero-order chi connectivity index (χ0) is 21.7. The summed E-state index contributed by atoms with van der Waals surface area (Å²) in [5, 5.41) is 9.96. The molecular weight excluding hydrogens is 378 g/mol. The van der Waals surface area contributed by atoms with Gasteiger partial charge in [0.2, 0.25) is 0 Å². The van der Waals surface area contributed by atoms with Crippen LogP contribution in [0.25, 0.3) is 0 Å². The first-order valence-electron chi connectivity index (χ1n) is 9.77. The Bertz CT molecular complexity index is 876. The number of hydrogen-bond donors (Lipinski definition) is 1. The van der Waals surface area contributed by atoms with E-state index in [0.29, 0.717) is 16.7 Å². The second-order valence-corrected chi connectivity index (χ2v) is 7.50. The van der Waals surface area contributed by atoms with Gasteiger partial charge >= 0.3 is 5.97 Å². The fraction of sp³-hybridized carbons (Fsp3) is 0.435. The first-order valence-corrected chi connectivity index (χ1v) is 9.77. The van der Waals surface area contributed by atoms with Gasteiger partial charge in [-0.3, -0.25) is 0 Å². The van der Waals surface area contributed by atoms with Gasteiger partial charge in [0.1, 0.15) is 11.6 Å². The predicted molar refractivity (Wildman–Crippen MR) is 108 cm³/mol. The maximum atomic E-state index is 15.1. The highest BCUT2D eigenvalue weighted by Crippen LogP contribution is 2.34. The standard InChI is InChI=1S/C23H28F2O4/c1-6-28-19(27)12-29-18-10-8-15(20(13(2)3)23(18)25)11-16-7-9-17(26)21(14(4)5)22(16)24/h7-10,13-14,26H,6,11-12H2,1-5H3. The molecular formula is C23H28F2O4. The molecule has 0 saturated carbocycles. The van der Waals surface area contributed by atoms with Crippen molar-refractivity contribution in [2.24, 2.45) is 0 Å². The summed E-state index contributed by atoms with van der Waals surface area (Å²) in [4.78, 5) is 11.5. The molecule has 0 radical (unpaired) electrons. The number of rotatable bonds is 8. The van der Waals surface area contributed by atoms with E-state index < -0.39 is 17.6 Å². The molecule has 158 valence electrons. The second-order valence-electron chi connectivity index (χ2n) is 7.50. The van der Waals surface area contributed by atoms with Crippen LogP contribution in [0.15, 0.2) is 24.3 Å². The molecule has 0 aliphatic carbocycles. The van der Waals surface area contributed by atoms with Gasteiger partial charge < -0.3 is 14.6 Å².